The number of ether oxygens (including phenoxy) is 1. The van der Waals surface area contributed by atoms with Gasteiger partial charge in [-0.1, -0.05) is 24.3 Å². The molecule has 3 aliphatic heterocycles. The molecule has 8 rings (SSSR count). The Morgan fingerprint density at radius 1 is 1.02 bits per heavy atom. The molecule has 51 heavy (non-hydrogen) atoms. The van der Waals surface area contributed by atoms with Gasteiger partial charge < -0.3 is 24.4 Å². The minimum absolute atomic E-state index is 0.0489. The molecule has 5 aromatic rings. The van der Waals surface area contributed by atoms with Crippen LogP contribution in [0.25, 0.3) is 33.4 Å². The van der Waals surface area contributed by atoms with Crippen molar-refractivity contribution >= 4 is 32.6 Å². The first-order valence-corrected chi connectivity index (χ1v) is 19.3. The average molecular weight is 705 g/mol. The van der Waals surface area contributed by atoms with Gasteiger partial charge in [-0.15, -0.1) is 0 Å². The average Bonchev–Trinajstić information content (AvgIpc) is 3.81. The number of likely N-dealkylation sites (N-methyl/N-ethyl adjacent to an activating group) is 1. The molecule has 10 nitrogen and oxygen atoms in total. The normalized spacial score (nSPS) is 19.3. The van der Waals surface area contributed by atoms with Crippen LogP contribution in [0.1, 0.15) is 39.9 Å². The lowest BCUT2D eigenvalue weighted by atomic mass is 9.88. The molecular formula is C40H44N6O4S. The highest BCUT2D eigenvalue weighted by Gasteiger charge is 2.33. The number of hydrogen-bond donors (Lipinski definition) is 1. The highest BCUT2D eigenvalue weighted by atomic mass is 32.2. The highest BCUT2D eigenvalue weighted by molar-refractivity contribution is 7.91. The molecule has 1 amide bonds. The second-order valence-corrected chi connectivity index (χ2v) is 16.4. The van der Waals surface area contributed by atoms with E-state index in [1.54, 1.807) is 29.3 Å². The topological polar surface area (TPSA) is 112 Å². The predicted molar refractivity (Wildman–Crippen MR) is 199 cm³/mol. The van der Waals surface area contributed by atoms with Gasteiger partial charge in [0.2, 0.25) is 9.84 Å². The van der Waals surface area contributed by atoms with Gasteiger partial charge in [0.15, 0.2) is 10.7 Å². The SMILES string of the molecule is Cc1ccc(-c2cc(C)c3c(c2)CCC2CN(C)CCN32)c(S(=O)(=O)c2cnc3[nH]cc(-c4ccc(C(=O)N(C)C[C@@H]5CCOC5)cc4)c3n2)c1. The van der Waals surface area contributed by atoms with E-state index in [-0.39, 0.29) is 15.8 Å². The fraction of sp³-hybridized carbons (Fsp3) is 0.375. The van der Waals surface area contributed by atoms with Gasteiger partial charge in [-0.25, -0.2) is 18.4 Å². The second kappa shape index (κ2) is 13.2. The van der Waals surface area contributed by atoms with Gasteiger partial charge in [0.05, 0.1) is 17.7 Å². The number of H-pyrrole nitrogens is 1. The van der Waals surface area contributed by atoms with Crippen LogP contribution in [0, 0.1) is 19.8 Å². The summed E-state index contributed by atoms with van der Waals surface area (Å²) in [5.74, 6) is 0.309. The number of hydrogen-bond acceptors (Lipinski definition) is 8. The fourth-order valence-corrected chi connectivity index (χ4v) is 9.57. The van der Waals surface area contributed by atoms with Gasteiger partial charge >= 0.3 is 0 Å². The van der Waals surface area contributed by atoms with Crippen LogP contribution in [0.15, 0.2) is 76.9 Å². The third-order valence-corrected chi connectivity index (χ3v) is 12.5. The van der Waals surface area contributed by atoms with E-state index in [4.69, 9.17) is 9.72 Å². The number of anilines is 1. The fourth-order valence-electron chi connectivity index (χ4n) is 8.12. The minimum atomic E-state index is -4.07. The quantitative estimate of drug-likeness (QED) is 0.223. The number of nitrogens with one attached hydrogen (secondary N) is 1. The van der Waals surface area contributed by atoms with Crippen molar-refractivity contribution in [2.45, 2.75) is 49.1 Å². The van der Waals surface area contributed by atoms with Crippen molar-refractivity contribution in [3.05, 3.63) is 89.2 Å². The zero-order valence-corrected chi connectivity index (χ0v) is 30.5. The van der Waals surface area contributed by atoms with Crippen LogP contribution < -0.4 is 4.90 Å². The van der Waals surface area contributed by atoms with Gasteiger partial charge in [0.25, 0.3) is 5.91 Å². The Kier molecular flexibility index (Phi) is 8.68. The lowest BCUT2D eigenvalue weighted by Gasteiger charge is -2.46. The van der Waals surface area contributed by atoms with Crippen LogP contribution >= 0.6 is 0 Å². The number of aromatic nitrogens is 3. The number of benzene rings is 3. The zero-order valence-electron chi connectivity index (χ0n) is 29.6. The van der Waals surface area contributed by atoms with E-state index in [0.717, 1.165) is 62.2 Å². The first kappa shape index (κ1) is 33.6. The van der Waals surface area contributed by atoms with Crippen molar-refractivity contribution < 1.29 is 17.9 Å². The number of aromatic amines is 1. The number of carbonyl (C=O) groups excluding carboxylic acids is 1. The summed E-state index contributed by atoms with van der Waals surface area (Å²) in [5.41, 5.74) is 9.19. The van der Waals surface area contributed by atoms with Crippen molar-refractivity contribution in [3.63, 3.8) is 0 Å². The molecule has 0 saturated carbocycles. The molecule has 1 N–H and O–H groups in total. The Bertz CT molecular complexity index is 2240. The molecule has 3 aliphatic rings. The zero-order chi connectivity index (χ0) is 35.4. The molecule has 2 atom stereocenters. The highest BCUT2D eigenvalue weighted by Crippen LogP contribution is 2.41. The van der Waals surface area contributed by atoms with Gasteiger partial charge in [0.1, 0.15) is 5.52 Å². The molecule has 0 radical (unpaired) electrons. The molecular weight excluding hydrogens is 661 g/mol. The number of amides is 1. The Hall–Kier alpha value is -4.58. The molecule has 0 spiro atoms. The van der Waals surface area contributed by atoms with Crippen molar-refractivity contribution in [2.24, 2.45) is 5.92 Å². The first-order chi connectivity index (χ1) is 24.6. The van der Waals surface area contributed by atoms with Crippen LogP contribution in [-0.4, -0.2) is 98.6 Å². The number of carbonyl (C=O) groups is 1. The summed E-state index contributed by atoms with van der Waals surface area (Å²) in [6, 6.07) is 17.8. The molecule has 0 bridgehead atoms. The van der Waals surface area contributed by atoms with Crippen LogP contribution in [0.2, 0.25) is 0 Å². The Labute approximate surface area is 299 Å². The monoisotopic (exact) mass is 704 g/mol. The largest absolute Gasteiger partial charge is 0.381 e. The summed E-state index contributed by atoms with van der Waals surface area (Å²) in [4.78, 5) is 32.4. The lowest BCUT2D eigenvalue weighted by molar-refractivity contribution is 0.0766. The van der Waals surface area contributed by atoms with E-state index in [0.29, 0.717) is 53.0 Å². The summed E-state index contributed by atoms with van der Waals surface area (Å²) in [6.07, 6.45) is 6.13. The van der Waals surface area contributed by atoms with E-state index in [1.165, 1.54) is 23.0 Å². The number of fused-ring (bicyclic) bond motifs is 4. The Morgan fingerprint density at radius 3 is 2.63 bits per heavy atom. The minimum Gasteiger partial charge on any atom is -0.381 e. The summed E-state index contributed by atoms with van der Waals surface area (Å²) < 4.78 is 34.5. The smallest absolute Gasteiger partial charge is 0.253 e. The molecule has 3 aromatic carbocycles. The maximum absolute atomic E-state index is 14.5. The second-order valence-electron chi connectivity index (χ2n) is 14.6. The Balaban J connectivity index is 1.11. The molecule has 1 unspecified atom stereocenters. The van der Waals surface area contributed by atoms with E-state index >= 15 is 0 Å². The number of piperazine rings is 1. The standard InChI is InChI=1S/C40H44N6O4S/c1-25-5-12-33(31-18-26(2)38-30(19-31)10-11-32-23-44(3)14-15-46(32)38)35(17-25)51(48,49)36-21-42-39-37(43-36)34(20-41-39)28-6-8-29(9-7-28)40(47)45(4)22-27-13-16-50-24-27/h5-9,12,17-21,27,32H,10-11,13-16,22-24H2,1-4H3,(H,41,42)/t27-,32?/m0/s1. The van der Waals surface area contributed by atoms with E-state index in [2.05, 4.69) is 45.9 Å². The van der Waals surface area contributed by atoms with E-state index in [1.807, 2.05) is 38.2 Å². The summed E-state index contributed by atoms with van der Waals surface area (Å²) in [6.45, 7) is 9.23. The summed E-state index contributed by atoms with van der Waals surface area (Å²) >= 11 is 0. The number of aryl methyl sites for hydroxylation is 3. The lowest BCUT2D eigenvalue weighted by Crippen LogP contribution is -2.54. The summed E-state index contributed by atoms with van der Waals surface area (Å²) in [7, 11) is -0.0571. The maximum atomic E-state index is 14.5. The van der Waals surface area contributed by atoms with Crippen LogP contribution in [0.3, 0.4) is 0 Å². The maximum Gasteiger partial charge on any atom is 0.253 e. The molecule has 5 heterocycles. The van der Waals surface area contributed by atoms with Crippen molar-refractivity contribution in [2.75, 3.05) is 58.4 Å². The molecule has 2 aromatic heterocycles. The third kappa shape index (κ3) is 6.21. The van der Waals surface area contributed by atoms with Gasteiger partial charge in [-0.3, -0.25) is 4.79 Å². The molecule has 2 fully saturated rings. The molecule has 2 saturated heterocycles. The number of sulfone groups is 1. The molecule has 11 heteroatoms. The molecule has 0 aliphatic carbocycles. The van der Waals surface area contributed by atoms with Crippen molar-refractivity contribution in [1.29, 1.82) is 0 Å². The van der Waals surface area contributed by atoms with Gasteiger partial charge in [-0.05, 0) is 98.3 Å². The van der Waals surface area contributed by atoms with Crippen molar-refractivity contribution in [1.82, 2.24) is 24.8 Å². The number of rotatable bonds is 7. The van der Waals surface area contributed by atoms with Crippen LogP contribution in [0.4, 0.5) is 5.69 Å². The predicted octanol–water partition coefficient (Wildman–Crippen LogP) is 5.92. The summed E-state index contributed by atoms with van der Waals surface area (Å²) in [5, 5.41) is -0.109. The number of nitrogens with zero attached hydrogens (tertiary/aromatic N) is 5. The van der Waals surface area contributed by atoms with Crippen LogP contribution in [0.5, 0.6) is 0 Å². The van der Waals surface area contributed by atoms with Gasteiger partial charge in [-0.2, -0.15) is 0 Å². The van der Waals surface area contributed by atoms with Gasteiger partial charge in [0, 0.05) is 80.4 Å². The van der Waals surface area contributed by atoms with E-state index < -0.39 is 9.84 Å². The first-order valence-electron chi connectivity index (χ1n) is 17.8. The van der Waals surface area contributed by atoms with E-state index in [9.17, 15) is 13.2 Å². The Morgan fingerprint density at radius 2 is 1.84 bits per heavy atom. The van der Waals surface area contributed by atoms with Crippen molar-refractivity contribution in [3.8, 4) is 22.3 Å². The third-order valence-electron chi connectivity index (χ3n) is 10.8. The molecule has 264 valence electrons. The van der Waals surface area contributed by atoms with Crippen LogP contribution in [-0.2, 0) is 21.0 Å².